The molecule has 0 atom stereocenters. The number of aliphatic carboxylic acids is 1. The molecule has 0 amide bonds. The minimum absolute atomic E-state index is 0.149. The zero-order valence-electron chi connectivity index (χ0n) is 12.7. The monoisotopic (exact) mass is 286 g/mol. The number of hydrogen-bond donors (Lipinski definition) is 1. The summed E-state index contributed by atoms with van der Waals surface area (Å²) in [5, 5.41) is 8.98. The van der Waals surface area contributed by atoms with E-state index in [0.29, 0.717) is 6.54 Å². The van der Waals surface area contributed by atoms with Crippen molar-refractivity contribution in [2.24, 2.45) is 5.92 Å². The van der Waals surface area contributed by atoms with Gasteiger partial charge in [-0.2, -0.15) is 0 Å². The van der Waals surface area contributed by atoms with Gasteiger partial charge in [-0.15, -0.1) is 0 Å². The van der Waals surface area contributed by atoms with Gasteiger partial charge in [0.25, 0.3) is 0 Å². The minimum Gasteiger partial charge on any atom is -0.481 e. The second kappa shape index (κ2) is 5.51. The van der Waals surface area contributed by atoms with Gasteiger partial charge in [0.15, 0.2) is 0 Å². The summed E-state index contributed by atoms with van der Waals surface area (Å²) >= 11 is 0. The average molecular weight is 286 g/mol. The maximum Gasteiger partial charge on any atom is 0.305 e. The summed E-state index contributed by atoms with van der Waals surface area (Å²) < 4.78 is 2.12. The Bertz CT molecular complexity index is 684. The average Bonchev–Trinajstić information content (AvgIpc) is 2.69. The number of hydrogen-bond acceptors (Lipinski definition) is 2. The van der Waals surface area contributed by atoms with Crippen LogP contribution >= 0.6 is 0 Å². The van der Waals surface area contributed by atoms with Crippen LogP contribution in [-0.4, -0.2) is 20.6 Å². The van der Waals surface area contributed by atoms with Crippen LogP contribution in [0.25, 0.3) is 11.0 Å². The lowest BCUT2D eigenvalue weighted by molar-refractivity contribution is -0.137. The summed E-state index contributed by atoms with van der Waals surface area (Å²) in [6.45, 7) is 4.70. The molecule has 1 aromatic heterocycles. The van der Waals surface area contributed by atoms with Gasteiger partial charge in [-0.3, -0.25) is 4.79 Å². The summed E-state index contributed by atoms with van der Waals surface area (Å²) in [5.74, 6) is 1.03. The van der Waals surface area contributed by atoms with E-state index in [9.17, 15) is 4.79 Å². The third-order valence-electron chi connectivity index (χ3n) is 4.69. The van der Waals surface area contributed by atoms with Crippen molar-refractivity contribution in [3.8, 4) is 0 Å². The van der Waals surface area contributed by atoms with E-state index < -0.39 is 5.97 Å². The molecule has 1 N–H and O–H groups in total. The molecule has 0 spiro atoms. The zero-order chi connectivity index (χ0) is 15.0. The van der Waals surface area contributed by atoms with Gasteiger partial charge in [-0.25, -0.2) is 4.98 Å². The Balaban J connectivity index is 2.01. The van der Waals surface area contributed by atoms with Crippen molar-refractivity contribution in [3.05, 3.63) is 29.1 Å². The Kier molecular flexibility index (Phi) is 3.70. The third-order valence-corrected chi connectivity index (χ3v) is 4.69. The Hall–Kier alpha value is -1.84. The predicted molar refractivity (Wildman–Crippen MR) is 82.5 cm³/mol. The highest BCUT2D eigenvalue weighted by Crippen LogP contribution is 2.31. The lowest BCUT2D eigenvalue weighted by Crippen LogP contribution is -2.17. The van der Waals surface area contributed by atoms with Crippen molar-refractivity contribution in [2.45, 2.75) is 52.5 Å². The number of carboxylic acid groups (broad SMARTS) is 1. The SMILES string of the molecule is Cc1cc2nc(CC3CCC3)n(CCC(=O)O)c2cc1C. The molecule has 0 saturated heterocycles. The van der Waals surface area contributed by atoms with Crippen LogP contribution in [0.3, 0.4) is 0 Å². The Morgan fingerprint density at radius 1 is 1.33 bits per heavy atom. The van der Waals surface area contributed by atoms with Crippen LogP contribution in [-0.2, 0) is 17.8 Å². The molecule has 112 valence electrons. The standard InChI is InChI=1S/C17H22N2O2/c1-11-8-14-15(9-12(11)2)19(7-6-17(20)21)16(18-14)10-13-4-3-5-13/h8-9,13H,3-7,10H2,1-2H3,(H,20,21). The first-order valence-corrected chi connectivity index (χ1v) is 7.72. The van der Waals surface area contributed by atoms with E-state index in [-0.39, 0.29) is 6.42 Å². The number of rotatable bonds is 5. The molecule has 3 rings (SSSR count). The summed E-state index contributed by atoms with van der Waals surface area (Å²) in [6.07, 6.45) is 5.00. The maximum atomic E-state index is 10.9. The molecular weight excluding hydrogens is 264 g/mol. The fourth-order valence-electron chi connectivity index (χ4n) is 3.00. The van der Waals surface area contributed by atoms with Crippen molar-refractivity contribution in [3.63, 3.8) is 0 Å². The molecule has 1 aromatic carbocycles. The largest absolute Gasteiger partial charge is 0.481 e. The van der Waals surface area contributed by atoms with E-state index in [0.717, 1.165) is 29.2 Å². The zero-order valence-corrected chi connectivity index (χ0v) is 12.7. The van der Waals surface area contributed by atoms with Gasteiger partial charge in [0.2, 0.25) is 0 Å². The molecule has 1 saturated carbocycles. The summed E-state index contributed by atoms with van der Waals surface area (Å²) in [7, 11) is 0. The highest BCUT2D eigenvalue weighted by molar-refractivity contribution is 5.78. The number of benzene rings is 1. The number of carbonyl (C=O) groups is 1. The van der Waals surface area contributed by atoms with E-state index in [1.54, 1.807) is 0 Å². The fraction of sp³-hybridized carbons (Fsp3) is 0.529. The van der Waals surface area contributed by atoms with Gasteiger partial charge in [0.05, 0.1) is 17.5 Å². The van der Waals surface area contributed by atoms with Crippen LogP contribution in [0, 0.1) is 19.8 Å². The molecule has 0 unspecified atom stereocenters. The van der Waals surface area contributed by atoms with Crippen molar-refractivity contribution < 1.29 is 9.90 Å². The quantitative estimate of drug-likeness (QED) is 0.915. The van der Waals surface area contributed by atoms with Gasteiger partial charge in [-0.05, 0) is 43.0 Å². The van der Waals surface area contributed by atoms with E-state index in [1.807, 2.05) is 0 Å². The minimum atomic E-state index is -0.754. The van der Waals surface area contributed by atoms with Crippen LogP contribution in [0.4, 0.5) is 0 Å². The third kappa shape index (κ3) is 2.80. The molecule has 4 heteroatoms. The fourth-order valence-corrected chi connectivity index (χ4v) is 3.00. The number of nitrogens with zero attached hydrogens (tertiary/aromatic N) is 2. The van der Waals surface area contributed by atoms with Crippen LogP contribution in [0.5, 0.6) is 0 Å². The molecule has 0 bridgehead atoms. The van der Waals surface area contributed by atoms with Crippen molar-refractivity contribution in [1.29, 1.82) is 0 Å². The number of fused-ring (bicyclic) bond motifs is 1. The van der Waals surface area contributed by atoms with Crippen LogP contribution in [0.15, 0.2) is 12.1 Å². The molecule has 21 heavy (non-hydrogen) atoms. The summed E-state index contributed by atoms with van der Waals surface area (Å²) in [4.78, 5) is 15.7. The van der Waals surface area contributed by atoms with E-state index in [2.05, 4.69) is 30.5 Å². The van der Waals surface area contributed by atoms with Gasteiger partial charge in [0, 0.05) is 13.0 Å². The molecule has 0 aliphatic heterocycles. The summed E-state index contributed by atoms with van der Waals surface area (Å²) in [6, 6.07) is 4.26. The van der Waals surface area contributed by atoms with Gasteiger partial charge >= 0.3 is 5.97 Å². The first kappa shape index (κ1) is 14.1. The van der Waals surface area contributed by atoms with Crippen LogP contribution in [0.2, 0.25) is 0 Å². The van der Waals surface area contributed by atoms with Crippen molar-refractivity contribution in [1.82, 2.24) is 9.55 Å². The molecule has 1 heterocycles. The highest BCUT2D eigenvalue weighted by atomic mass is 16.4. The molecule has 4 nitrogen and oxygen atoms in total. The number of aromatic nitrogens is 2. The maximum absolute atomic E-state index is 10.9. The highest BCUT2D eigenvalue weighted by Gasteiger charge is 2.22. The first-order chi connectivity index (χ1) is 10.0. The van der Waals surface area contributed by atoms with Gasteiger partial charge in [0.1, 0.15) is 5.82 Å². The van der Waals surface area contributed by atoms with E-state index in [1.165, 1.54) is 30.4 Å². The van der Waals surface area contributed by atoms with Gasteiger partial charge in [-0.1, -0.05) is 19.3 Å². The first-order valence-electron chi connectivity index (χ1n) is 7.72. The molecule has 1 aliphatic carbocycles. The normalized spacial score (nSPS) is 15.3. The number of aryl methyl sites for hydroxylation is 3. The van der Waals surface area contributed by atoms with Crippen LogP contribution in [0.1, 0.15) is 42.6 Å². The lowest BCUT2D eigenvalue weighted by Gasteiger charge is -2.25. The molecule has 1 aliphatic rings. The van der Waals surface area contributed by atoms with E-state index in [4.69, 9.17) is 10.1 Å². The molecule has 1 fully saturated rings. The Morgan fingerprint density at radius 2 is 2.05 bits per heavy atom. The van der Waals surface area contributed by atoms with Gasteiger partial charge < -0.3 is 9.67 Å². The number of carboxylic acids is 1. The second-order valence-electron chi connectivity index (χ2n) is 6.25. The predicted octanol–water partition coefficient (Wildman–Crippen LogP) is 3.47. The molecule has 0 radical (unpaired) electrons. The number of imidazole rings is 1. The lowest BCUT2D eigenvalue weighted by atomic mass is 9.83. The topological polar surface area (TPSA) is 55.1 Å². The Labute approximate surface area is 124 Å². The molecular formula is C17H22N2O2. The second-order valence-corrected chi connectivity index (χ2v) is 6.25. The summed E-state index contributed by atoms with van der Waals surface area (Å²) in [5.41, 5.74) is 4.54. The van der Waals surface area contributed by atoms with E-state index >= 15 is 0 Å². The molecule has 2 aromatic rings. The van der Waals surface area contributed by atoms with Crippen molar-refractivity contribution in [2.75, 3.05) is 0 Å². The van der Waals surface area contributed by atoms with Crippen LogP contribution < -0.4 is 0 Å². The smallest absolute Gasteiger partial charge is 0.305 e. The van der Waals surface area contributed by atoms with Crippen molar-refractivity contribution >= 4 is 17.0 Å². The Morgan fingerprint density at radius 3 is 2.67 bits per heavy atom.